The molecule has 1 amide bonds. The van der Waals surface area contributed by atoms with Gasteiger partial charge in [-0.15, -0.1) is 11.3 Å². The zero-order valence-electron chi connectivity index (χ0n) is 16.3. The highest BCUT2D eigenvalue weighted by Gasteiger charge is 2.20. The molecule has 146 valence electrons. The minimum Gasteiger partial charge on any atom is -0.325 e. The van der Waals surface area contributed by atoms with Crippen molar-refractivity contribution in [3.63, 3.8) is 0 Å². The van der Waals surface area contributed by atoms with Crippen LogP contribution in [0.25, 0.3) is 21.3 Å². The molecule has 0 saturated heterocycles. The summed E-state index contributed by atoms with van der Waals surface area (Å²) >= 11 is 3.06. The van der Waals surface area contributed by atoms with Gasteiger partial charge in [-0.3, -0.25) is 4.79 Å². The summed E-state index contributed by atoms with van der Waals surface area (Å²) in [6, 6.07) is 18.2. The highest BCUT2D eigenvalue weighted by molar-refractivity contribution is 8.00. The summed E-state index contributed by atoms with van der Waals surface area (Å²) in [5.41, 5.74) is 4.30. The van der Waals surface area contributed by atoms with Gasteiger partial charge in [0.1, 0.15) is 16.2 Å². The van der Waals surface area contributed by atoms with Gasteiger partial charge in [-0.25, -0.2) is 9.97 Å². The SMILES string of the molecule is CCc1ccc(NC(=O)C(C)Sc2ncnc3scc(-c4ccccc4)c23)cc1. The summed E-state index contributed by atoms with van der Waals surface area (Å²) in [5.74, 6) is -0.0394. The summed E-state index contributed by atoms with van der Waals surface area (Å²) in [6.07, 6.45) is 2.55. The van der Waals surface area contributed by atoms with Crippen LogP contribution in [0, 0.1) is 0 Å². The Hall–Kier alpha value is -2.70. The molecule has 4 nitrogen and oxygen atoms in total. The first-order valence-electron chi connectivity index (χ1n) is 9.49. The number of nitrogens with one attached hydrogen (secondary N) is 1. The molecule has 0 radical (unpaired) electrons. The second kappa shape index (κ2) is 8.76. The van der Waals surface area contributed by atoms with Gasteiger partial charge in [0.05, 0.1) is 10.6 Å². The van der Waals surface area contributed by atoms with Gasteiger partial charge in [0, 0.05) is 16.6 Å². The molecule has 6 heteroatoms. The predicted octanol–water partition coefficient (Wildman–Crippen LogP) is 6.04. The van der Waals surface area contributed by atoms with E-state index in [9.17, 15) is 4.79 Å². The van der Waals surface area contributed by atoms with E-state index in [4.69, 9.17) is 0 Å². The molecule has 2 aromatic heterocycles. The van der Waals surface area contributed by atoms with E-state index in [1.54, 1.807) is 17.7 Å². The lowest BCUT2D eigenvalue weighted by Crippen LogP contribution is -2.22. The number of fused-ring (bicyclic) bond motifs is 1. The van der Waals surface area contributed by atoms with Gasteiger partial charge in [-0.1, -0.05) is 61.2 Å². The number of amides is 1. The van der Waals surface area contributed by atoms with Gasteiger partial charge in [0.15, 0.2) is 0 Å². The zero-order valence-corrected chi connectivity index (χ0v) is 17.9. The Bertz CT molecular complexity index is 1120. The third-order valence-electron chi connectivity index (χ3n) is 4.71. The molecule has 0 aliphatic rings. The Morgan fingerprint density at radius 2 is 1.86 bits per heavy atom. The summed E-state index contributed by atoms with van der Waals surface area (Å²) in [6.45, 7) is 4.02. The van der Waals surface area contributed by atoms with Gasteiger partial charge < -0.3 is 5.32 Å². The van der Waals surface area contributed by atoms with E-state index in [0.717, 1.165) is 38.5 Å². The van der Waals surface area contributed by atoms with E-state index in [1.165, 1.54) is 17.3 Å². The number of carbonyl (C=O) groups excluding carboxylic acids is 1. The number of carbonyl (C=O) groups is 1. The van der Waals surface area contributed by atoms with Crippen molar-refractivity contribution in [1.29, 1.82) is 0 Å². The molecular formula is C23H21N3OS2. The maximum Gasteiger partial charge on any atom is 0.237 e. The lowest BCUT2D eigenvalue weighted by Gasteiger charge is -2.13. The molecule has 29 heavy (non-hydrogen) atoms. The Morgan fingerprint density at radius 3 is 2.59 bits per heavy atom. The van der Waals surface area contributed by atoms with Gasteiger partial charge in [-0.2, -0.15) is 0 Å². The van der Waals surface area contributed by atoms with E-state index >= 15 is 0 Å². The average molecular weight is 420 g/mol. The maximum atomic E-state index is 12.7. The van der Waals surface area contributed by atoms with Crippen molar-refractivity contribution in [2.24, 2.45) is 0 Å². The molecule has 2 aromatic carbocycles. The van der Waals surface area contributed by atoms with Crippen LogP contribution < -0.4 is 5.32 Å². The number of thioether (sulfide) groups is 1. The van der Waals surface area contributed by atoms with Crippen molar-refractivity contribution in [3.8, 4) is 11.1 Å². The van der Waals surface area contributed by atoms with E-state index in [-0.39, 0.29) is 11.2 Å². The van der Waals surface area contributed by atoms with Crippen LogP contribution in [0.4, 0.5) is 5.69 Å². The van der Waals surface area contributed by atoms with Crippen molar-refractivity contribution in [2.45, 2.75) is 30.5 Å². The van der Waals surface area contributed by atoms with E-state index in [2.05, 4.69) is 39.7 Å². The quantitative estimate of drug-likeness (QED) is 0.306. The molecule has 1 unspecified atom stereocenters. The van der Waals surface area contributed by atoms with Crippen LogP contribution >= 0.6 is 23.1 Å². The molecule has 0 bridgehead atoms. The summed E-state index contributed by atoms with van der Waals surface area (Å²) < 4.78 is 0. The number of thiophene rings is 1. The number of aromatic nitrogens is 2. The summed E-state index contributed by atoms with van der Waals surface area (Å²) in [4.78, 5) is 22.6. The molecule has 0 saturated carbocycles. The molecule has 0 aliphatic heterocycles. The molecule has 4 rings (SSSR count). The lowest BCUT2D eigenvalue weighted by atomic mass is 10.1. The average Bonchev–Trinajstić information content (AvgIpc) is 3.20. The number of aryl methyl sites for hydroxylation is 1. The van der Waals surface area contributed by atoms with Crippen molar-refractivity contribution < 1.29 is 4.79 Å². The molecule has 1 atom stereocenters. The number of hydrogen-bond donors (Lipinski definition) is 1. The largest absolute Gasteiger partial charge is 0.325 e. The van der Waals surface area contributed by atoms with Gasteiger partial charge in [0.2, 0.25) is 5.91 Å². The van der Waals surface area contributed by atoms with Crippen LogP contribution in [0.15, 0.2) is 71.3 Å². The molecule has 1 N–H and O–H groups in total. The first-order chi connectivity index (χ1) is 14.2. The van der Waals surface area contributed by atoms with Crippen LogP contribution in [0.5, 0.6) is 0 Å². The zero-order chi connectivity index (χ0) is 20.2. The summed E-state index contributed by atoms with van der Waals surface area (Å²) in [7, 11) is 0. The second-order valence-electron chi connectivity index (χ2n) is 6.67. The highest BCUT2D eigenvalue weighted by atomic mass is 32.2. The first-order valence-corrected chi connectivity index (χ1v) is 11.3. The van der Waals surface area contributed by atoms with Crippen molar-refractivity contribution in [3.05, 3.63) is 71.9 Å². The van der Waals surface area contributed by atoms with Gasteiger partial charge >= 0.3 is 0 Å². The summed E-state index contributed by atoms with van der Waals surface area (Å²) in [5, 5.41) is 6.67. The van der Waals surface area contributed by atoms with Crippen molar-refractivity contribution in [1.82, 2.24) is 9.97 Å². The van der Waals surface area contributed by atoms with E-state index < -0.39 is 0 Å². The smallest absolute Gasteiger partial charge is 0.237 e. The Labute approximate surface area is 178 Å². The maximum absolute atomic E-state index is 12.7. The number of nitrogens with zero attached hydrogens (tertiary/aromatic N) is 2. The van der Waals surface area contributed by atoms with Crippen molar-refractivity contribution >= 4 is 44.9 Å². The minimum absolute atomic E-state index is 0.0394. The van der Waals surface area contributed by atoms with Crippen molar-refractivity contribution in [2.75, 3.05) is 5.32 Å². The number of rotatable bonds is 6. The highest BCUT2D eigenvalue weighted by Crippen LogP contribution is 2.39. The molecule has 2 heterocycles. The van der Waals surface area contributed by atoms with Crippen LogP contribution in [0.3, 0.4) is 0 Å². The van der Waals surface area contributed by atoms with Gasteiger partial charge in [-0.05, 0) is 36.6 Å². The number of hydrogen-bond acceptors (Lipinski definition) is 5. The van der Waals surface area contributed by atoms with E-state index in [1.807, 2.05) is 49.4 Å². The Morgan fingerprint density at radius 1 is 1.10 bits per heavy atom. The Balaban J connectivity index is 1.56. The third kappa shape index (κ3) is 4.33. The fourth-order valence-corrected chi connectivity index (χ4v) is 4.97. The second-order valence-corrected chi connectivity index (χ2v) is 8.86. The number of benzene rings is 2. The topological polar surface area (TPSA) is 54.9 Å². The molecule has 0 fully saturated rings. The monoisotopic (exact) mass is 419 g/mol. The van der Waals surface area contributed by atoms with Crippen LogP contribution in [0.1, 0.15) is 19.4 Å². The molecular weight excluding hydrogens is 398 g/mol. The number of anilines is 1. The minimum atomic E-state index is -0.289. The standard InChI is InChI=1S/C23H21N3OS2/c1-3-16-9-11-18(12-10-16)26-21(27)15(2)29-23-20-19(17-7-5-4-6-8-17)13-28-22(20)24-14-25-23/h4-15H,3H2,1-2H3,(H,26,27). The van der Waals surface area contributed by atoms with Crippen LogP contribution in [-0.4, -0.2) is 21.1 Å². The van der Waals surface area contributed by atoms with Crippen LogP contribution in [0.2, 0.25) is 0 Å². The van der Waals surface area contributed by atoms with Gasteiger partial charge in [0.25, 0.3) is 0 Å². The molecule has 4 aromatic rings. The predicted molar refractivity (Wildman–Crippen MR) is 123 cm³/mol. The Kier molecular flexibility index (Phi) is 5.92. The van der Waals surface area contributed by atoms with Crippen LogP contribution in [-0.2, 0) is 11.2 Å². The van der Waals surface area contributed by atoms with E-state index in [0.29, 0.717) is 0 Å². The fraction of sp³-hybridized carbons (Fsp3) is 0.174. The lowest BCUT2D eigenvalue weighted by molar-refractivity contribution is -0.115. The normalized spacial score (nSPS) is 12.1. The molecule has 0 aliphatic carbocycles. The fourth-order valence-electron chi connectivity index (χ4n) is 3.06. The molecule has 0 spiro atoms. The third-order valence-corrected chi connectivity index (χ3v) is 6.69. The first kappa shape index (κ1) is 19.6.